The monoisotopic (exact) mass is 766 g/mol. The van der Waals surface area contributed by atoms with Crippen molar-refractivity contribution in [2.24, 2.45) is 4.99 Å². The number of fused-ring (bicyclic) bond motifs is 2. The Hall–Kier alpha value is -4.81. The van der Waals surface area contributed by atoms with Crippen molar-refractivity contribution in [3.8, 4) is 22.5 Å². The zero-order chi connectivity index (χ0) is 39.3. The third-order valence-corrected chi connectivity index (χ3v) is 11.5. The van der Waals surface area contributed by atoms with E-state index in [1.54, 1.807) is 30.3 Å². The van der Waals surface area contributed by atoms with E-state index in [2.05, 4.69) is 51.2 Å². The summed E-state index contributed by atoms with van der Waals surface area (Å²) in [6.45, 7) is 16.4. The minimum atomic E-state index is -4.60. The van der Waals surface area contributed by atoms with Gasteiger partial charge in [-0.2, -0.15) is 16.8 Å². The van der Waals surface area contributed by atoms with Gasteiger partial charge in [-0.05, 0) is 88.4 Å². The van der Waals surface area contributed by atoms with Crippen LogP contribution in [0.2, 0.25) is 0 Å². The molecule has 0 aromatic heterocycles. The third-order valence-electron chi connectivity index (χ3n) is 9.71. The Morgan fingerprint density at radius 2 is 1.20 bits per heavy atom. The number of benzene rings is 5. The van der Waals surface area contributed by atoms with Crippen molar-refractivity contribution < 1.29 is 30.4 Å². The average molecular weight is 767 g/mol. The van der Waals surface area contributed by atoms with Crippen LogP contribution in [-0.4, -0.2) is 25.9 Å². The van der Waals surface area contributed by atoms with Gasteiger partial charge in [0.2, 0.25) is 0 Å². The quantitative estimate of drug-likeness (QED) is 0.0922. The highest BCUT2D eigenvalue weighted by Crippen LogP contribution is 2.44. The van der Waals surface area contributed by atoms with Crippen LogP contribution in [0.5, 0.6) is 0 Å². The highest BCUT2D eigenvalue weighted by molar-refractivity contribution is 7.86. The molecule has 0 bridgehead atoms. The summed E-state index contributed by atoms with van der Waals surface area (Å²) >= 11 is 0. The molecule has 4 aromatic rings. The SMILES string of the molecule is CC(C)c1cc(S(=O)(=O)O)cc(C(C)C)c1N=c1ccc2c(-c3ccccc3S(=O)(=O)O)c3ccc(Nc4c(C(C)C)cccc4C(C)C)cc3oc-2c1. The number of rotatable bonds is 10. The van der Waals surface area contributed by atoms with E-state index in [1.807, 2.05) is 52.0 Å². The van der Waals surface area contributed by atoms with Crippen LogP contribution in [-0.2, 0) is 20.2 Å². The maximum absolute atomic E-state index is 12.7. The second kappa shape index (κ2) is 14.8. The van der Waals surface area contributed by atoms with E-state index < -0.39 is 20.2 Å². The highest BCUT2D eigenvalue weighted by atomic mass is 32.2. The summed E-state index contributed by atoms with van der Waals surface area (Å²) < 4.78 is 76.7. The van der Waals surface area contributed by atoms with Crippen LogP contribution in [0.25, 0.3) is 33.4 Å². The lowest BCUT2D eigenvalue weighted by Gasteiger charge is -2.22. The second-order valence-electron chi connectivity index (χ2n) is 14.9. The maximum Gasteiger partial charge on any atom is 0.295 e. The Balaban J connectivity index is 1.65. The van der Waals surface area contributed by atoms with Gasteiger partial charge in [-0.15, -0.1) is 0 Å². The topological polar surface area (TPSA) is 146 Å². The molecule has 11 heteroatoms. The summed E-state index contributed by atoms with van der Waals surface area (Å²) in [6.07, 6.45) is 0. The van der Waals surface area contributed by atoms with Gasteiger partial charge in [0.15, 0.2) is 0 Å². The van der Waals surface area contributed by atoms with Gasteiger partial charge in [-0.3, -0.25) is 9.11 Å². The molecule has 6 rings (SSSR count). The third kappa shape index (κ3) is 7.72. The van der Waals surface area contributed by atoms with Crippen LogP contribution in [0.15, 0.2) is 110 Å². The van der Waals surface area contributed by atoms with E-state index in [4.69, 9.17) is 9.41 Å². The van der Waals surface area contributed by atoms with Gasteiger partial charge in [-0.25, -0.2) is 4.99 Å². The van der Waals surface area contributed by atoms with Gasteiger partial charge >= 0.3 is 0 Å². The first-order valence-electron chi connectivity index (χ1n) is 18.0. The molecule has 0 spiro atoms. The number of para-hydroxylation sites is 1. The summed E-state index contributed by atoms with van der Waals surface area (Å²) in [7, 11) is -9.06. The summed E-state index contributed by atoms with van der Waals surface area (Å²) in [4.78, 5) is 4.62. The zero-order valence-electron chi connectivity index (χ0n) is 31.7. The molecule has 282 valence electrons. The van der Waals surface area contributed by atoms with Gasteiger partial charge in [0.25, 0.3) is 20.2 Å². The average Bonchev–Trinajstić information content (AvgIpc) is 3.09. The standard InChI is InChI=1S/C43H46N2O7S2/c1-24(2)31-13-11-14-32(25(3)4)42(31)44-28-16-18-33-38(20-28)52-39-21-29(17-19-34(39)41(33)35-12-9-10-15-40(35)54(49,50)51)45-43-36(26(5)6)22-30(53(46,47)48)23-37(43)27(7)8/h9-27,44H,1-8H3,(H,46,47,48)(H,49,50,51). The number of anilines is 2. The number of nitrogens with one attached hydrogen (secondary N) is 1. The van der Waals surface area contributed by atoms with Gasteiger partial charge in [0, 0.05) is 45.6 Å². The molecular formula is C43H46N2O7S2. The second-order valence-corrected chi connectivity index (χ2v) is 17.7. The first-order chi connectivity index (χ1) is 25.3. The Bertz CT molecular complexity index is 2600. The van der Waals surface area contributed by atoms with E-state index in [9.17, 15) is 25.9 Å². The predicted molar refractivity (Wildman–Crippen MR) is 216 cm³/mol. The van der Waals surface area contributed by atoms with Crippen molar-refractivity contribution in [2.45, 2.75) is 88.9 Å². The molecule has 1 aliphatic heterocycles. The Labute approximate surface area is 317 Å². The molecule has 2 aliphatic rings. The normalized spacial score (nSPS) is 13.0. The minimum Gasteiger partial charge on any atom is -0.456 e. The molecule has 1 aliphatic carbocycles. The van der Waals surface area contributed by atoms with E-state index in [0.29, 0.717) is 55.6 Å². The number of hydrogen-bond donors (Lipinski definition) is 3. The van der Waals surface area contributed by atoms with E-state index in [-0.39, 0.29) is 33.5 Å². The molecule has 0 unspecified atom stereocenters. The molecule has 3 N–H and O–H groups in total. The van der Waals surface area contributed by atoms with Crippen molar-refractivity contribution in [1.29, 1.82) is 0 Å². The van der Waals surface area contributed by atoms with Gasteiger partial charge < -0.3 is 9.73 Å². The molecule has 1 heterocycles. The Morgan fingerprint density at radius 1 is 0.611 bits per heavy atom. The predicted octanol–water partition coefficient (Wildman–Crippen LogP) is 11.2. The number of nitrogens with zero attached hydrogens (tertiary/aromatic N) is 1. The van der Waals surface area contributed by atoms with Crippen LogP contribution in [0.4, 0.5) is 17.1 Å². The molecule has 0 atom stereocenters. The molecule has 0 amide bonds. The van der Waals surface area contributed by atoms with E-state index >= 15 is 0 Å². The Morgan fingerprint density at radius 3 is 1.76 bits per heavy atom. The molecule has 54 heavy (non-hydrogen) atoms. The fraction of sp³-hybridized carbons (Fsp3) is 0.279. The van der Waals surface area contributed by atoms with Crippen molar-refractivity contribution in [1.82, 2.24) is 0 Å². The first-order valence-corrected chi connectivity index (χ1v) is 20.9. The smallest absolute Gasteiger partial charge is 0.295 e. The maximum atomic E-state index is 12.7. The lowest BCUT2D eigenvalue weighted by Crippen LogP contribution is -2.07. The fourth-order valence-corrected chi connectivity index (χ4v) is 8.24. The van der Waals surface area contributed by atoms with Crippen molar-refractivity contribution in [2.75, 3.05) is 5.32 Å². The minimum absolute atomic E-state index is 0.122. The molecule has 9 nitrogen and oxygen atoms in total. The molecule has 0 saturated carbocycles. The van der Waals surface area contributed by atoms with Crippen LogP contribution in [0.3, 0.4) is 0 Å². The molecule has 4 aromatic carbocycles. The molecule has 0 radical (unpaired) electrons. The number of hydrogen-bond acceptors (Lipinski definition) is 7. The molecule has 0 saturated heterocycles. The van der Waals surface area contributed by atoms with Crippen LogP contribution < -0.4 is 10.7 Å². The lowest BCUT2D eigenvalue weighted by atomic mass is 9.92. The first kappa shape index (κ1) is 38.9. The van der Waals surface area contributed by atoms with E-state index in [0.717, 1.165) is 11.4 Å². The van der Waals surface area contributed by atoms with Gasteiger partial charge in [0.1, 0.15) is 16.2 Å². The van der Waals surface area contributed by atoms with Crippen molar-refractivity contribution >= 4 is 48.3 Å². The van der Waals surface area contributed by atoms with Crippen molar-refractivity contribution in [3.05, 3.63) is 119 Å². The summed E-state index contributed by atoms with van der Waals surface area (Å²) in [5.41, 5.74) is 8.02. The van der Waals surface area contributed by atoms with Crippen LogP contribution in [0, 0.1) is 0 Å². The summed E-state index contributed by atoms with van der Waals surface area (Å²) in [6, 6.07) is 26.7. The largest absolute Gasteiger partial charge is 0.456 e. The summed E-state index contributed by atoms with van der Waals surface area (Å²) in [5, 5.41) is 4.81. The van der Waals surface area contributed by atoms with Crippen molar-refractivity contribution in [3.63, 3.8) is 0 Å². The summed E-state index contributed by atoms with van der Waals surface area (Å²) in [5.74, 6) is 0.704. The van der Waals surface area contributed by atoms with Crippen LogP contribution >= 0.6 is 0 Å². The molecule has 0 fully saturated rings. The zero-order valence-corrected chi connectivity index (χ0v) is 33.3. The van der Waals surface area contributed by atoms with Gasteiger partial charge in [0.05, 0.1) is 15.9 Å². The molecular weight excluding hydrogens is 721 g/mol. The fourth-order valence-electron chi connectivity index (χ4n) is 6.99. The Kier molecular flexibility index (Phi) is 10.7. The van der Waals surface area contributed by atoms with E-state index in [1.165, 1.54) is 29.3 Å². The van der Waals surface area contributed by atoms with Gasteiger partial charge in [-0.1, -0.05) is 91.8 Å². The highest BCUT2D eigenvalue weighted by Gasteiger charge is 2.25. The lowest BCUT2D eigenvalue weighted by molar-refractivity contribution is 0.481. The van der Waals surface area contributed by atoms with Crippen LogP contribution in [0.1, 0.15) is 101 Å².